The fourth-order valence-electron chi connectivity index (χ4n) is 3.14. The van der Waals surface area contributed by atoms with Crippen LogP contribution in [0.3, 0.4) is 0 Å². The van der Waals surface area contributed by atoms with Gasteiger partial charge < -0.3 is 5.73 Å². The fraction of sp³-hybridized carbons (Fsp3) is 0.571. The maximum atomic E-state index is 12.8. The van der Waals surface area contributed by atoms with Crippen molar-refractivity contribution in [2.45, 2.75) is 18.3 Å². The van der Waals surface area contributed by atoms with Gasteiger partial charge in [-0.1, -0.05) is 12.1 Å². The van der Waals surface area contributed by atoms with E-state index in [1.54, 1.807) is 6.07 Å². The van der Waals surface area contributed by atoms with Crippen LogP contribution in [-0.2, 0) is 6.18 Å². The molecule has 3 heterocycles. The van der Waals surface area contributed by atoms with Crippen LogP contribution >= 0.6 is 0 Å². The highest BCUT2D eigenvalue weighted by Crippen LogP contribution is 2.32. The van der Waals surface area contributed by atoms with Crippen LogP contribution in [0.4, 0.5) is 13.2 Å². The summed E-state index contributed by atoms with van der Waals surface area (Å²) in [5.41, 5.74) is 6.18. The van der Waals surface area contributed by atoms with E-state index in [4.69, 9.17) is 5.73 Å². The van der Waals surface area contributed by atoms with Crippen LogP contribution in [0, 0.1) is 0 Å². The first-order chi connectivity index (χ1) is 9.45. The van der Waals surface area contributed by atoms with Crippen molar-refractivity contribution in [1.82, 2.24) is 9.80 Å². The molecular formula is C14H18F3N3. The third-order valence-corrected chi connectivity index (χ3v) is 4.33. The second-order valence-electron chi connectivity index (χ2n) is 5.55. The van der Waals surface area contributed by atoms with E-state index in [1.807, 2.05) is 0 Å². The van der Waals surface area contributed by atoms with E-state index in [9.17, 15) is 13.2 Å². The molecule has 0 amide bonds. The molecule has 2 atom stereocenters. The van der Waals surface area contributed by atoms with Gasteiger partial charge in [0.1, 0.15) is 0 Å². The molecule has 0 aromatic heterocycles. The largest absolute Gasteiger partial charge is 0.416 e. The average molecular weight is 285 g/mol. The standard InChI is InChI=1S/C14H18F3N3/c15-14(16,17)11-3-1-2-10(8-11)13(18)12-9-19-4-6-20(12)7-5-19/h1-3,8,12-13H,4-7,9,18H2. The van der Waals surface area contributed by atoms with Gasteiger partial charge in [-0.3, -0.25) is 9.80 Å². The Balaban J connectivity index is 1.82. The van der Waals surface area contributed by atoms with Crippen LogP contribution in [0.1, 0.15) is 17.2 Å². The zero-order valence-corrected chi connectivity index (χ0v) is 11.1. The van der Waals surface area contributed by atoms with Crippen LogP contribution in [0.5, 0.6) is 0 Å². The number of nitrogens with two attached hydrogens (primary N) is 1. The minimum absolute atomic E-state index is 0.112. The van der Waals surface area contributed by atoms with Gasteiger partial charge in [-0.05, 0) is 17.7 Å². The summed E-state index contributed by atoms with van der Waals surface area (Å²) in [6, 6.07) is 5.14. The second-order valence-corrected chi connectivity index (χ2v) is 5.55. The highest BCUT2D eigenvalue weighted by atomic mass is 19.4. The summed E-state index contributed by atoms with van der Waals surface area (Å²) in [7, 11) is 0. The molecule has 2 bridgehead atoms. The maximum Gasteiger partial charge on any atom is 0.416 e. The number of hydrogen-bond acceptors (Lipinski definition) is 3. The molecule has 2 unspecified atom stereocenters. The van der Waals surface area contributed by atoms with Gasteiger partial charge in [0.05, 0.1) is 5.56 Å². The summed E-state index contributed by atoms with van der Waals surface area (Å²) in [6.45, 7) is 4.82. The first-order valence-corrected chi connectivity index (χ1v) is 6.84. The second kappa shape index (κ2) is 5.02. The molecule has 20 heavy (non-hydrogen) atoms. The van der Waals surface area contributed by atoms with Gasteiger partial charge in [0.25, 0.3) is 0 Å². The molecule has 4 rings (SSSR count). The Labute approximate surface area is 116 Å². The summed E-state index contributed by atoms with van der Waals surface area (Å²) in [5.74, 6) is 0. The summed E-state index contributed by atoms with van der Waals surface area (Å²) in [6.07, 6.45) is -4.31. The third-order valence-electron chi connectivity index (χ3n) is 4.33. The van der Waals surface area contributed by atoms with Gasteiger partial charge in [0.15, 0.2) is 0 Å². The summed E-state index contributed by atoms with van der Waals surface area (Å²) >= 11 is 0. The number of halogens is 3. The molecule has 110 valence electrons. The van der Waals surface area contributed by atoms with Crippen molar-refractivity contribution in [2.75, 3.05) is 32.7 Å². The number of hydrogen-bond donors (Lipinski definition) is 1. The molecule has 3 saturated heterocycles. The molecule has 1 aromatic rings. The Morgan fingerprint density at radius 3 is 2.40 bits per heavy atom. The Morgan fingerprint density at radius 2 is 1.85 bits per heavy atom. The monoisotopic (exact) mass is 285 g/mol. The normalized spacial score (nSPS) is 31.3. The van der Waals surface area contributed by atoms with Crippen molar-refractivity contribution in [2.24, 2.45) is 5.73 Å². The van der Waals surface area contributed by atoms with Gasteiger partial charge in [-0.15, -0.1) is 0 Å². The van der Waals surface area contributed by atoms with Crippen LogP contribution in [-0.4, -0.2) is 48.6 Å². The number of fused-ring (bicyclic) bond motifs is 3. The number of nitrogens with zero attached hydrogens (tertiary/aromatic N) is 2. The van der Waals surface area contributed by atoms with Gasteiger partial charge in [-0.25, -0.2) is 0 Å². The van der Waals surface area contributed by atoms with E-state index in [0.29, 0.717) is 5.56 Å². The predicted octanol–water partition coefficient (Wildman–Crippen LogP) is 1.71. The van der Waals surface area contributed by atoms with Gasteiger partial charge >= 0.3 is 6.18 Å². The van der Waals surface area contributed by atoms with E-state index in [-0.39, 0.29) is 12.1 Å². The third kappa shape index (κ3) is 2.55. The predicted molar refractivity (Wildman–Crippen MR) is 70.2 cm³/mol. The highest BCUT2D eigenvalue weighted by molar-refractivity contribution is 5.29. The Kier molecular flexibility index (Phi) is 3.48. The first kappa shape index (κ1) is 13.9. The highest BCUT2D eigenvalue weighted by Gasteiger charge is 2.37. The van der Waals surface area contributed by atoms with E-state index in [2.05, 4.69) is 9.80 Å². The van der Waals surface area contributed by atoms with Crippen molar-refractivity contribution < 1.29 is 13.2 Å². The van der Waals surface area contributed by atoms with Crippen molar-refractivity contribution >= 4 is 0 Å². The maximum absolute atomic E-state index is 12.8. The van der Waals surface area contributed by atoms with E-state index >= 15 is 0 Å². The molecule has 3 fully saturated rings. The van der Waals surface area contributed by atoms with Gasteiger partial charge in [0, 0.05) is 44.8 Å². The van der Waals surface area contributed by atoms with Crippen LogP contribution in [0.2, 0.25) is 0 Å². The van der Waals surface area contributed by atoms with Crippen LogP contribution in [0.25, 0.3) is 0 Å². The van der Waals surface area contributed by atoms with E-state index < -0.39 is 11.7 Å². The lowest BCUT2D eigenvalue weighted by molar-refractivity contribution is -0.137. The molecular weight excluding hydrogens is 267 g/mol. The Hall–Kier alpha value is -1.11. The minimum atomic E-state index is -4.31. The number of benzene rings is 1. The summed E-state index contributed by atoms with van der Waals surface area (Å²) < 4.78 is 38.3. The zero-order valence-electron chi connectivity index (χ0n) is 11.1. The van der Waals surface area contributed by atoms with Crippen molar-refractivity contribution in [3.63, 3.8) is 0 Å². The Morgan fingerprint density at radius 1 is 1.15 bits per heavy atom. The molecule has 0 aliphatic carbocycles. The van der Waals surface area contributed by atoms with Gasteiger partial charge in [0.2, 0.25) is 0 Å². The summed E-state index contributed by atoms with van der Waals surface area (Å²) in [5, 5.41) is 0. The topological polar surface area (TPSA) is 32.5 Å². The van der Waals surface area contributed by atoms with Crippen molar-refractivity contribution in [3.05, 3.63) is 35.4 Å². The zero-order chi connectivity index (χ0) is 14.3. The molecule has 0 spiro atoms. The smallest absolute Gasteiger partial charge is 0.323 e. The van der Waals surface area contributed by atoms with Crippen molar-refractivity contribution in [3.8, 4) is 0 Å². The molecule has 2 N–H and O–H groups in total. The molecule has 3 aliphatic rings. The van der Waals surface area contributed by atoms with Crippen LogP contribution in [0.15, 0.2) is 24.3 Å². The molecule has 1 aromatic carbocycles. The quantitative estimate of drug-likeness (QED) is 0.898. The number of piperazine rings is 3. The minimum Gasteiger partial charge on any atom is -0.323 e. The molecule has 6 heteroatoms. The fourth-order valence-corrected chi connectivity index (χ4v) is 3.14. The molecule has 3 aliphatic heterocycles. The number of rotatable bonds is 2. The molecule has 3 nitrogen and oxygen atoms in total. The van der Waals surface area contributed by atoms with Gasteiger partial charge in [-0.2, -0.15) is 13.2 Å². The average Bonchev–Trinajstić information content (AvgIpc) is 2.47. The van der Waals surface area contributed by atoms with Crippen LogP contribution < -0.4 is 5.73 Å². The Bertz CT molecular complexity index is 481. The summed E-state index contributed by atoms with van der Waals surface area (Å²) in [4.78, 5) is 4.63. The van der Waals surface area contributed by atoms with Crippen molar-refractivity contribution in [1.29, 1.82) is 0 Å². The molecule has 0 saturated carbocycles. The lowest BCUT2D eigenvalue weighted by atomic mass is 9.93. The lowest BCUT2D eigenvalue weighted by Crippen LogP contribution is -2.63. The molecule has 0 radical (unpaired) electrons. The number of alkyl halides is 3. The lowest BCUT2D eigenvalue weighted by Gasteiger charge is -2.49. The van der Waals surface area contributed by atoms with E-state index in [1.165, 1.54) is 12.1 Å². The SMILES string of the molecule is NC(c1cccc(C(F)(F)F)c1)C1CN2CCN1CC2. The van der Waals surface area contributed by atoms with E-state index in [0.717, 1.165) is 38.8 Å². The first-order valence-electron chi connectivity index (χ1n) is 6.84.